The molecule has 0 fully saturated rings. The van der Waals surface area contributed by atoms with Crippen LogP contribution in [-0.4, -0.2) is 11.5 Å². The van der Waals surface area contributed by atoms with E-state index in [1.807, 2.05) is 11.4 Å². The molecule has 0 radical (unpaired) electrons. The average molecular weight is 167 g/mol. The first-order valence-electron chi connectivity index (χ1n) is 3.31. The Balaban J connectivity index is 2.64. The van der Waals surface area contributed by atoms with Crippen LogP contribution < -0.4 is 0 Å². The van der Waals surface area contributed by atoms with E-state index in [1.165, 1.54) is 11.3 Å². The van der Waals surface area contributed by atoms with Crippen LogP contribution in [-0.2, 0) is 0 Å². The summed E-state index contributed by atoms with van der Waals surface area (Å²) in [6.45, 7) is 1.64. The SMILES string of the molecule is CC(=N)CC(=O)c1cccs1. The number of thiophene rings is 1. The zero-order chi connectivity index (χ0) is 8.27. The van der Waals surface area contributed by atoms with Gasteiger partial charge in [0, 0.05) is 12.1 Å². The van der Waals surface area contributed by atoms with Gasteiger partial charge in [0.15, 0.2) is 5.78 Å². The van der Waals surface area contributed by atoms with Gasteiger partial charge in [-0.2, -0.15) is 0 Å². The summed E-state index contributed by atoms with van der Waals surface area (Å²) in [5.74, 6) is 0.0486. The second-order valence-corrected chi connectivity index (χ2v) is 3.31. The van der Waals surface area contributed by atoms with Gasteiger partial charge < -0.3 is 5.41 Å². The van der Waals surface area contributed by atoms with Crippen LogP contribution in [0, 0.1) is 5.41 Å². The molecule has 0 saturated carbocycles. The van der Waals surface area contributed by atoms with Gasteiger partial charge in [0.05, 0.1) is 4.88 Å². The highest BCUT2D eigenvalue weighted by molar-refractivity contribution is 7.12. The molecule has 0 aliphatic rings. The number of ketones is 1. The lowest BCUT2D eigenvalue weighted by atomic mass is 10.2. The summed E-state index contributed by atoms with van der Waals surface area (Å²) in [5, 5.41) is 8.98. The minimum atomic E-state index is 0.0486. The smallest absolute Gasteiger partial charge is 0.178 e. The van der Waals surface area contributed by atoms with Crippen molar-refractivity contribution in [3.05, 3.63) is 22.4 Å². The van der Waals surface area contributed by atoms with E-state index in [-0.39, 0.29) is 12.2 Å². The predicted molar refractivity (Wildman–Crippen MR) is 46.7 cm³/mol. The number of rotatable bonds is 3. The highest BCUT2D eigenvalue weighted by Gasteiger charge is 2.06. The van der Waals surface area contributed by atoms with Crippen molar-refractivity contribution in [3.8, 4) is 0 Å². The molecular weight excluding hydrogens is 158 g/mol. The molecule has 1 aromatic rings. The molecule has 0 spiro atoms. The van der Waals surface area contributed by atoms with Crippen LogP contribution in [0.3, 0.4) is 0 Å². The maximum absolute atomic E-state index is 11.2. The summed E-state index contributed by atoms with van der Waals surface area (Å²) in [4.78, 5) is 11.9. The summed E-state index contributed by atoms with van der Waals surface area (Å²) < 4.78 is 0. The Bertz CT molecular complexity index is 264. The molecule has 58 valence electrons. The van der Waals surface area contributed by atoms with Gasteiger partial charge in [-0.05, 0) is 18.4 Å². The maximum Gasteiger partial charge on any atom is 0.178 e. The first kappa shape index (κ1) is 8.14. The maximum atomic E-state index is 11.2. The van der Waals surface area contributed by atoms with Gasteiger partial charge >= 0.3 is 0 Å². The van der Waals surface area contributed by atoms with Crippen molar-refractivity contribution in [1.29, 1.82) is 5.41 Å². The van der Waals surface area contributed by atoms with E-state index < -0.39 is 0 Å². The van der Waals surface area contributed by atoms with Crippen LogP contribution in [0.25, 0.3) is 0 Å². The number of hydrogen-bond donors (Lipinski definition) is 1. The molecule has 0 unspecified atom stereocenters. The fraction of sp³-hybridized carbons (Fsp3) is 0.250. The van der Waals surface area contributed by atoms with Crippen LogP contribution in [0.1, 0.15) is 23.0 Å². The Morgan fingerprint density at radius 1 is 1.73 bits per heavy atom. The van der Waals surface area contributed by atoms with Crippen molar-refractivity contribution < 1.29 is 4.79 Å². The number of hydrogen-bond acceptors (Lipinski definition) is 3. The molecule has 1 N–H and O–H groups in total. The lowest BCUT2D eigenvalue weighted by molar-refractivity contribution is 0.100. The van der Waals surface area contributed by atoms with E-state index in [9.17, 15) is 4.79 Å². The summed E-state index contributed by atoms with van der Waals surface area (Å²) in [6.07, 6.45) is 0.251. The number of carbonyl (C=O) groups excluding carboxylic acids is 1. The monoisotopic (exact) mass is 167 g/mol. The first-order valence-corrected chi connectivity index (χ1v) is 4.19. The third-order valence-corrected chi connectivity index (χ3v) is 2.13. The largest absolute Gasteiger partial charge is 0.310 e. The zero-order valence-electron chi connectivity index (χ0n) is 6.26. The highest BCUT2D eigenvalue weighted by Crippen LogP contribution is 2.10. The van der Waals surface area contributed by atoms with Gasteiger partial charge in [-0.15, -0.1) is 11.3 Å². The van der Waals surface area contributed by atoms with Gasteiger partial charge in [-0.1, -0.05) is 6.07 Å². The first-order chi connectivity index (χ1) is 5.20. The molecule has 0 atom stereocenters. The van der Waals surface area contributed by atoms with E-state index in [4.69, 9.17) is 5.41 Å². The van der Waals surface area contributed by atoms with Crippen LogP contribution in [0.4, 0.5) is 0 Å². The molecule has 0 aliphatic carbocycles. The normalized spacial score (nSPS) is 9.55. The van der Waals surface area contributed by atoms with Crippen molar-refractivity contribution in [1.82, 2.24) is 0 Å². The molecule has 2 nitrogen and oxygen atoms in total. The minimum absolute atomic E-state index is 0.0486. The molecular formula is C8H9NOS. The number of Topliss-reactive ketones (excluding diaryl/α,β-unsaturated/α-hetero) is 1. The second-order valence-electron chi connectivity index (χ2n) is 2.36. The summed E-state index contributed by atoms with van der Waals surface area (Å²) in [7, 11) is 0. The standard InChI is InChI=1S/C8H9NOS/c1-6(9)5-7(10)8-3-2-4-11-8/h2-4,9H,5H2,1H3. The van der Waals surface area contributed by atoms with E-state index in [2.05, 4.69) is 0 Å². The third kappa shape index (κ3) is 2.27. The van der Waals surface area contributed by atoms with Crippen molar-refractivity contribution >= 4 is 22.8 Å². The van der Waals surface area contributed by atoms with E-state index in [0.717, 1.165) is 4.88 Å². The predicted octanol–water partition coefficient (Wildman–Crippen LogP) is 2.36. The Kier molecular flexibility index (Phi) is 2.54. The molecule has 0 saturated heterocycles. The fourth-order valence-corrected chi connectivity index (χ4v) is 1.43. The van der Waals surface area contributed by atoms with Crippen molar-refractivity contribution in [2.24, 2.45) is 0 Å². The Morgan fingerprint density at radius 2 is 2.45 bits per heavy atom. The minimum Gasteiger partial charge on any atom is -0.310 e. The molecule has 0 aliphatic heterocycles. The molecule has 0 amide bonds. The summed E-state index contributed by atoms with van der Waals surface area (Å²) >= 11 is 1.43. The van der Waals surface area contributed by atoms with Crippen LogP contribution >= 0.6 is 11.3 Å². The highest BCUT2D eigenvalue weighted by atomic mass is 32.1. The Labute approximate surface area is 69.4 Å². The molecule has 3 heteroatoms. The molecule has 11 heavy (non-hydrogen) atoms. The van der Waals surface area contributed by atoms with Gasteiger partial charge in [-0.3, -0.25) is 4.79 Å². The van der Waals surface area contributed by atoms with E-state index in [1.54, 1.807) is 13.0 Å². The molecule has 1 heterocycles. The van der Waals surface area contributed by atoms with Gasteiger partial charge in [0.25, 0.3) is 0 Å². The Hall–Kier alpha value is -0.960. The summed E-state index contributed by atoms with van der Waals surface area (Å²) in [6, 6.07) is 3.63. The van der Waals surface area contributed by atoms with Gasteiger partial charge in [0.2, 0.25) is 0 Å². The van der Waals surface area contributed by atoms with Crippen LogP contribution in [0.5, 0.6) is 0 Å². The second kappa shape index (κ2) is 3.44. The fourth-order valence-electron chi connectivity index (χ4n) is 0.765. The molecule has 0 aromatic carbocycles. The Morgan fingerprint density at radius 3 is 2.91 bits per heavy atom. The van der Waals surface area contributed by atoms with Crippen molar-refractivity contribution in [2.75, 3.05) is 0 Å². The van der Waals surface area contributed by atoms with Gasteiger partial charge in [0.1, 0.15) is 0 Å². The van der Waals surface area contributed by atoms with Crippen molar-refractivity contribution in [2.45, 2.75) is 13.3 Å². The lowest BCUT2D eigenvalue weighted by Gasteiger charge is -1.93. The van der Waals surface area contributed by atoms with E-state index >= 15 is 0 Å². The van der Waals surface area contributed by atoms with Crippen LogP contribution in [0.2, 0.25) is 0 Å². The molecule has 0 bridgehead atoms. The lowest BCUT2D eigenvalue weighted by Crippen LogP contribution is -2.01. The number of nitrogens with one attached hydrogen (secondary N) is 1. The number of carbonyl (C=O) groups is 1. The average Bonchev–Trinajstić information content (AvgIpc) is 2.35. The van der Waals surface area contributed by atoms with Crippen molar-refractivity contribution in [3.63, 3.8) is 0 Å². The topological polar surface area (TPSA) is 40.9 Å². The zero-order valence-corrected chi connectivity index (χ0v) is 7.07. The quantitative estimate of drug-likeness (QED) is 0.545. The summed E-state index contributed by atoms with van der Waals surface area (Å²) in [5.41, 5.74) is 0.420. The van der Waals surface area contributed by atoms with Crippen LogP contribution in [0.15, 0.2) is 17.5 Å². The molecule has 1 aromatic heterocycles. The third-order valence-electron chi connectivity index (χ3n) is 1.22. The van der Waals surface area contributed by atoms with E-state index in [0.29, 0.717) is 5.71 Å². The van der Waals surface area contributed by atoms with Gasteiger partial charge in [-0.25, -0.2) is 0 Å². The molecule has 1 rings (SSSR count).